The van der Waals surface area contributed by atoms with Gasteiger partial charge in [0, 0.05) is 26.2 Å². The second-order valence-electron chi connectivity index (χ2n) is 4.09. The third-order valence-electron chi connectivity index (χ3n) is 2.38. The van der Waals surface area contributed by atoms with Crippen LogP contribution in [0, 0.1) is 0 Å². The van der Waals surface area contributed by atoms with Crippen molar-refractivity contribution in [1.82, 2.24) is 14.3 Å². The standard InChI is InChI=1S/C8H19N3O3S/c1-6(2)10-15(13,14)11(3)7-4-9-5-8(7)12/h6-10,12H,4-5H2,1-3H3/t7-,8-/m0/s1. The number of aliphatic hydroxyl groups excluding tert-OH is 1. The van der Waals surface area contributed by atoms with E-state index in [4.69, 9.17) is 0 Å². The van der Waals surface area contributed by atoms with Crippen LogP contribution in [0.3, 0.4) is 0 Å². The zero-order chi connectivity index (χ0) is 11.6. The molecule has 1 heterocycles. The van der Waals surface area contributed by atoms with Gasteiger partial charge in [-0.3, -0.25) is 0 Å². The van der Waals surface area contributed by atoms with Gasteiger partial charge in [-0.25, -0.2) is 0 Å². The monoisotopic (exact) mass is 237 g/mol. The van der Waals surface area contributed by atoms with Gasteiger partial charge in [0.1, 0.15) is 0 Å². The quantitative estimate of drug-likeness (QED) is 0.555. The molecule has 0 bridgehead atoms. The van der Waals surface area contributed by atoms with Crippen LogP contribution in [0.4, 0.5) is 0 Å². The Bertz CT molecular complexity index is 304. The fraction of sp³-hybridized carbons (Fsp3) is 1.00. The van der Waals surface area contributed by atoms with Crippen molar-refractivity contribution in [3.63, 3.8) is 0 Å². The molecular formula is C8H19N3O3S. The minimum absolute atomic E-state index is 0.149. The Morgan fingerprint density at radius 2 is 2.07 bits per heavy atom. The molecule has 0 spiro atoms. The van der Waals surface area contributed by atoms with Crippen molar-refractivity contribution in [2.75, 3.05) is 20.1 Å². The average molecular weight is 237 g/mol. The minimum atomic E-state index is -3.49. The summed E-state index contributed by atoms with van der Waals surface area (Å²) >= 11 is 0. The Labute approximate surface area is 90.8 Å². The molecule has 1 aliphatic heterocycles. The maximum Gasteiger partial charge on any atom is 0.279 e. The van der Waals surface area contributed by atoms with Gasteiger partial charge in [0.15, 0.2) is 0 Å². The van der Waals surface area contributed by atoms with Gasteiger partial charge in [0.25, 0.3) is 10.2 Å². The normalized spacial score (nSPS) is 27.9. The second-order valence-corrected chi connectivity index (χ2v) is 5.85. The SMILES string of the molecule is CC(C)NS(=O)(=O)N(C)[C@H]1CNC[C@@H]1O. The first kappa shape index (κ1) is 12.9. The number of hydrogen-bond donors (Lipinski definition) is 3. The van der Waals surface area contributed by atoms with E-state index >= 15 is 0 Å². The number of β-amino-alcohol motifs (C(OH)–C–C–N with tert-alkyl or cyclic N) is 1. The molecule has 1 saturated heterocycles. The fourth-order valence-electron chi connectivity index (χ4n) is 1.58. The third-order valence-corrected chi connectivity index (χ3v) is 4.18. The molecule has 0 unspecified atom stereocenters. The number of rotatable bonds is 4. The highest BCUT2D eigenvalue weighted by atomic mass is 32.2. The Kier molecular flexibility index (Phi) is 4.07. The second kappa shape index (κ2) is 4.75. The number of aliphatic hydroxyl groups is 1. The van der Waals surface area contributed by atoms with Crippen LogP contribution < -0.4 is 10.0 Å². The lowest BCUT2D eigenvalue weighted by atomic mass is 10.2. The van der Waals surface area contributed by atoms with Crippen LogP contribution in [0.2, 0.25) is 0 Å². The van der Waals surface area contributed by atoms with Gasteiger partial charge in [0.2, 0.25) is 0 Å². The van der Waals surface area contributed by atoms with Crippen LogP contribution in [-0.2, 0) is 10.2 Å². The van der Waals surface area contributed by atoms with E-state index in [0.717, 1.165) is 0 Å². The van der Waals surface area contributed by atoms with E-state index in [0.29, 0.717) is 13.1 Å². The van der Waals surface area contributed by atoms with Gasteiger partial charge in [0.05, 0.1) is 12.1 Å². The molecule has 3 N–H and O–H groups in total. The van der Waals surface area contributed by atoms with Crippen molar-refractivity contribution in [3.8, 4) is 0 Å². The van der Waals surface area contributed by atoms with Crippen molar-refractivity contribution in [1.29, 1.82) is 0 Å². The summed E-state index contributed by atoms with van der Waals surface area (Å²) in [5, 5.41) is 12.5. The van der Waals surface area contributed by atoms with E-state index in [9.17, 15) is 13.5 Å². The molecule has 1 aliphatic rings. The lowest BCUT2D eigenvalue weighted by Crippen LogP contribution is -2.50. The summed E-state index contributed by atoms with van der Waals surface area (Å²) in [6, 6.07) is -0.537. The van der Waals surface area contributed by atoms with Crippen LogP contribution in [0.25, 0.3) is 0 Å². The predicted molar refractivity (Wildman–Crippen MR) is 57.6 cm³/mol. The molecule has 0 aromatic heterocycles. The Morgan fingerprint density at radius 3 is 2.47 bits per heavy atom. The van der Waals surface area contributed by atoms with Crippen molar-refractivity contribution >= 4 is 10.2 Å². The lowest BCUT2D eigenvalue weighted by molar-refractivity contribution is 0.135. The highest BCUT2D eigenvalue weighted by molar-refractivity contribution is 7.87. The molecule has 2 atom stereocenters. The average Bonchev–Trinajstić information content (AvgIpc) is 2.47. The first-order valence-corrected chi connectivity index (χ1v) is 6.42. The Hall–Kier alpha value is -0.210. The molecule has 15 heavy (non-hydrogen) atoms. The van der Waals surface area contributed by atoms with Crippen molar-refractivity contribution < 1.29 is 13.5 Å². The molecule has 6 nitrogen and oxygen atoms in total. The first-order valence-electron chi connectivity index (χ1n) is 4.98. The first-order chi connectivity index (χ1) is 6.84. The molecular weight excluding hydrogens is 218 g/mol. The van der Waals surface area contributed by atoms with Crippen molar-refractivity contribution in [2.45, 2.75) is 32.0 Å². The third kappa shape index (κ3) is 3.12. The van der Waals surface area contributed by atoms with E-state index in [1.54, 1.807) is 13.8 Å². The Balaban J connectivity index is 2.70. The fourth-order valence-corrected chi connectivity index (χ4v) is 2.91. The summed E-state index contributed by atoms with van der Waals surface area (Å²) in [6.07, 6.45) is -0.640. The van der Waals surface area contributed by atoms with Crippen LogP contribution in [0.5, 0.6) is 0 Å². The molecule has 0 aliphatic carbocycles. The van der Waals surface area contributed by atoms with Gasteiger partial charge < -0.3 is 10.4 Å². The molecule has 1 rings (SSSR count). The largest absolute Gasteiger partial charge is 0.390 e. The predicted octanol–water partition coefficient (Wildman–Crippen LogP) is -1.51. The van der Waals surface area contributed by atoms with Gasteiger partial charge in [-0.1, -0.05) is 0 Å². The molecule has 0 radical (unpaired) electrons. The topological polar surface area (TPSA) is 81.7 Å². The van der Waals surface area contributed by atoms with Crippen LogP contribution in [-0.4, -0.2) is 56.2 Å². The molecule has 0 amide bonds. The molecule has 0 aromatic carbocycles. The zero-order valence-corrected chi connectivity index (χ0v) is 10.1. The number of likely N-dealkylation sites (N-methyl/N-ethyl adjacent to an activating group) is 1. The van der Waals surface area contributed by atoms with Gasteiger partial charge in [-0.2, -0.15) is 17.4 Å². The summed E-state index contributed by atoms with van der Waals surface area (Å²) in [7, 11) is -2.01. The summed E-state index contributed by atoms with van der Waals surface area (Å²) in [5.74, 6) is 0. The van der Waals surface area contributed by atoms with E-state index < -0.39 is 16.3 Å². The molecule has 0 saturated carbocycles. The van der Waals surface area contributed by atoms with Gasteiger partial charge in [-0.05, 0) is 13.8 Å². The molecule has 0 aromatic rings. The summed E-state index contributed by atoms with van der Waals surface area (Å²) in [5.41, 5.74) is 0. The Morgan fingerprint density at radius 1 is 1.47 bits per heavy atom. The minimum Gasteiger partial charge on any atom is -0.390 e. The van der Waals surface area contributed by atoms with Crippen LogP contribution in [0.1, 0.15) is 13.8 Å². The van der Waals surface area contributed by atoms with Crippen molar-refractivity contribution in [2.24, 2.45) is 0 Å². The maximum atomic E-state index is 11.7. The number of nitrogens with zero attached hydrogens (tertiary/aromatic N) is 1. The molecule has 90 valence electrons. The smallest absolute Gasteiger partial charge is 0.279 e. The van der Waals surface area contributed by atoms with Crippen LogP contribution in [0.15, 0.2) is 0 Å². The highest BCUT2D eigenvalue weighted by Crippen LogP contribution is 2.10. The molecule has 7 heteroatoms. The summed E-state index contributed by atoms with van der Waals surface area (Å²) in [6.45, 7) is 4.44. The van der Waals surface area contributed by atoms with Gasteiger partial charge >= 0.3 is 0 Å². The zero-order valence-electron chi connectivity index (χ0n) is 9.27. The van der Waals surface area contributed by atoms with E-state index in [-0.39, 0.29) is 12.1 Å². The summed E-state index contributed by atoms with van der Waals surface area (Å²) < 4.78 is 27.2. The number of nitrogens with one attached hydrogen (secondary N) is 2. The highest BCUT2D eigenvalue weighted by Gasteiger charge is 2.34. The van der Waals surface area contributed by atoms with E-state index in [1.807, 2.05) is 0 Å². The molecule has 1 fully saturated rings. The van der Waals surface area contributed by atoms with Gasteiger partial charge in [-0.15, -0.1) is 0 Å². The number of hydrogen-bond acceptors (Lipinski definition) is 4. The maximum absolute atomic E-state index is 11.7. The van der Waals surface area contributed by atoms with E-state index in [1.165, 1.54) is 11.4 Å². The lowest BCUT2D eigenvalue weighted by Gasteiger charge is -2.26. The van der Waals surface area contributed by atoms with Crippen molar-refractivity contribution in [3.05, 3.63) is 0 Å². The van der Waals surface area contributed by atoms with Crippen LogP contribution >= 0.6 is 0 Å². The summed E-state index contributed by atoms with van der Waals surface area (Å²) in [4.78, 5) is 0. The van der Waals surface area contributed by atoms with E-state index in [2.05, 4.69) is 10.0 Å².